The monoisotopic (exact) mass is 302 g/mol. The number of fused-ring (bicyclic) bond motifs is 1. The van der Waals surface area contributed by atoms with Gasteiger partial charge in [-0.1, -0.05) is 12.5 Å². The molecule has 1 aliphatic carbocycles. The van der Waals surface area contributed by atoms with Crippen LogP contribution in [0.25, 0.3) is 0 Å². The van der Waals surface area contributed by atoms with E-state index >= 15 is 0 Å². The standard InChI is InChI=1S/C17H26N4O/c1-20(2)16-14(7-4-10-18-16)12-19-17(22)21-11-5-8-13-6-3-9-15(13)21/h4,7,10,13,15H,3,5-6,8-9,11-12H2,1-2H3,(H,19,22)/t13-,15+/m1/s1. The fourth-order valence-electron chi connectivity index (χ4n) is 3.95. The van der Waals surface area contributed by atoms with E-state index < -0.39 is 0 Å². The van der Waals surface area contributed by atoms with Crippen LogP contribution in [0.15, 0.2) is 18.3 Å². The molecule has 5 heteroatoms. The van der Waals surface area contributed by atoms with E-state index in [0.29, 0.717) is 12.6 Å². The number of aromatic nitrogens is 1. The Kier molecular flexibility index (Phi) is 4.50. The molecule has 1 aliphatic heterocycles. The van der Waals surface area contributed by atoms with Crippen molar-refractivity contribution in [2.45, 2.75) is 44.7 Å². The van der Waals surface area contributed by atoms with Gasteiger partial charge in [0.15, 0.2) is 0 Å². The lowest BCUT2D eigenvalue weighted by Gasteiger charge is -2.37. The molecule has 2 heterocycles. The summed E-state index contributed by atoms with van der Waals surface area (Å²) < 4.78 is 0. The topological polar surface area (TPSA) is 48.5 Å². The predicted molar refractivity (Wildman–Crippen MR) is 87.9 cm³/mol. The van der Waals surface area contributed by atoms with Crippen molar-refractivity contribution in [1.82, 2.24) is 15.2 Å². The van der Waals surface area contributed by atoms with Gasteiger partial charge < -0.3 is 15.1 Å². The van der Waals surface area contributed by atoms with Crippen molar-refractivity contribution in [2.75, 3.05) is 25.5 Å². The second-order valence-electron chi connectivity index (χ2n) is 6.63. The Morgan fingerprint density at radius 2 is 2.18 bits per heavy atom. The van der Waals surface area contributed by atoms with Gasteiger partial charge in [-0.05, 0) is 37.7 Å². The van der Waals surface area contributed by atoms with Crippen LogP contribution in [-0.4, -0.2) is 42.6 Å². The number of hydrogen-bond acceptors (Lipinski definition) is 3. The lowest BCUT2D eigenvalue weighted by Crippen LogP contribution is -2.50. The number of amides is 2. The minimum atomic E-state index is 0.0881. The molecule has 1 aromatic heterocycles. The molecule has 1 saturated heterocycles. The highest BCUT2D eigenvalue weighted by Crippen LogP contribution is 2.36. The van der Waals surface area contributed by atoms with Crippen molar-refractivity contribution in [2.24, 2.45) is 5.92 Å². The smallest absolute Gasteiger partial charge is 0.317 e. The van der Waals surface area contributed by atoms with Crippen molar-refractivity contribution in [1.29, 1.82) is 0 Å². The zero-order valence-electron chi connectivity index (χ0n) is 13.6. The number of anilines is 1. The molecular weight excluding hydrogens is 276 g/mol. The van der Waals surface area contributed by atoms with Crippen LogP contribution < -0.4 is 10.2 Å². The van der Waals surface area contributed by atoms with E-state index in [1.54, 1.807) is 6.20 Å². The second kappa shape index (κ2) is 6.55. The van der Waals surface area contributed by atoms with Crippen LogP contribution in [0.1, 0.15) is 37.7 Å². The van der Waals surface area contributed by atoms with Gasteiger partial charge in [-0.2, -0.15) is 0 Å². The number of carbonyl (C=O) groups excluding carboxylic acids is 1. The molecule has 120 valence electrons. The molecule has 0 radical (unpaired) electrons. The summed E-state index contributed by atoms with van der Waals surface area (Å²) in [5.74, 6) is 1.65. The third-order valence-corrected chi connectivity index (χ3v) is 4.98. The number of nitrogens with one attached hydrogen (secondary N) is 1. The number of piperidine rings is 1. The molecule has 1 aromatic rings. The normalized spacial score (nSPS) is 24.0. The van der Waals surface area contributed by atoms with Crippen LogP contribution >= 0.6 is 0 Å². The molecule has 5 nitrogen and oxygen atoms in total. The van der Waals surface area contributed by atoms with Crippen LogP contribution in [-0.2, 0) is 6.54 Å². The van der Waals surface area contributed by atoms with Crippen molar-refractivity contribution in [3.8, 4) is 0 Å². The van der Waals surface area contributed by atoms with Gasteiger partial charge in [-0.25, -0.2) is 9.78 Å². The Hall–Kier alpha value is -1.78. The van der Waals surface area contributed by atoms with Gasteiger partial charge in [0, 0.05) is 45.0 Å². The van der Waals surface area contributed by atoms with Gasteiger partial charge in [0.25, 0.3) is 0 Å². The summed E-state index contributed by atoms with van der Waals surface area (Å²) in [5, 5.41) is 3.10. The highest BCUT2D eigenvalue weighted by atomic mass is 16.2. The summed E-state index contributed by atoms with van der Waals surface area (Å²) in [6.45, 7) is 1.44. The van der Waals surface area contributed by atoms with Crippen LogP contribution in [0.5, 0.6) is 0 Å². The predicted octanol–water partition coefficient (Wildman–Crippen LogP) is 2.62. The second-order valence-corrected chi connectivity index (χ2v) is 6.63. The lowest BCUT2D eigenvalue weighted by atomic mass is 9.92. The van der Waals surface area contributed by atoms with E-state index in [0.717, 1.165) is 30.3 Å². The van der Waals surface area contributed by atoms with Gasteiger partial charge in [-0.15, -0.1) is 0 Å². The number of pyridine rings is 1. The molecule has 0 aromatic carbocycles. The van der Waals surface area contributed by atoms with Crippen molar-refractivity contribution in [3.63, 3.8) is 0 Å². The molecule has 2 fully saturated rings. The van der Waals surface area contributed by atoms with E-state index in [9.17, 15) is 4.79 Å². The molecule has 22 heavy (non-hydrogen) atoms. The molecule has 3 rings (SSSR count). The molecule has 0 unspecified atom stereocenters. The number of hydrogen-bond donors (Lipinski definition) is 1. The molecule has 1 saturated carbocycles. The van der Waals surface area contributed by atoms with E-state index in [4.69, 9.17) is 0 Å². The average molecular weight is 302 g/mol. The van der Waals surface area contributed by atoms with Gasteiger partial charge in [-0.3, -0.25) is 0 Å². The number of urea groups is 1. The Morgan fingerprint density at radius 3 is 3.00 bits per heavy atom. The Balaban J connectivity index is 1.63. The van der Waals surface area contributed by atoms with Crippen LogP contribution in [0.4, 0.5) is 10.6 Å². The third kappa shape index (κ3) is 3.03. The molecular formula is C17H26N4O. The van der Waals surface area contributed by atoms with Crippen LogP contribution in [0.3, 0.4) is 0 Å². The SMILES string of the molecule is CN(C)c1ncccc1CNC(=O)N1CCC[C@H]2CCC[C@@H]21. The first-order chi connectivity index (χ1) is 10.7. The first kappa shape index (κ1) is 15.1. The summed E-state index contributed by atoms with van der Waals surface area (Å²) in [7, 11) is 3.95. The minimum Gasteiger partial charge on any atom is -0.362 e. The fraction of sp³-hybridized carbons (Fsp3) is 0.647. The van der Waals surface area contributed by atoms with Crippen molar-refractivity contribution >= 4 is 11.8 Å². The molecule has 2 amide bonds. The average Bonchev–Trinajstić information content (AvgIpc) is 3.01. The highest BCUT2D eigenvalue weighted by Gasteiger charge is 2.37. The Bertz CT molecular complexity index is 531. The lowest BCUT2D eigenvalue weighted by molar-refractivity contribution is 0.128. The maximum Gasteiger partial charge on any atom is 0.317 e. The minimum absolute atomic E-state index is 0.0881. The van der Waals surface area contributed by atoms with Crippen LogP contribution in [0.2, 0.25) is 0 Å². The first-order valence-corrected chi connectivity index (χ1v) is 8.32. The maximum atomic E-state index is 12.6. The van der Waals surface area contributed by atoms with E-state index in [2.05, 4.69) is 15.2 Å². The van der Waals surface area contributed by atoms with E-state index in [1.807, 2.05) is 31.1 Å². The highest BCUT2D eigenvalue weighted by molar-refractivity contribution is 5.75. The molecule has 0 spiro atoms. The van der Waals surface area contributed by atoms with Gasteiger partial charge >= 0.3 is 6.03 Å². The number of nitrogens with zero attached hydrogens (tertiary/aromatic N) is 3. The fourth-order valence-corrected chi connectivity index (χ4v) is 3.95. The van der Waals surface area contributed by atoms with Crippen LogP contribution in [0, 0.1) is 5.92 Å². The largest absolute Gasteiger partial charge is 0.362 e. The van der Waals surface area contributed by atoms with Gasteiger partial charge in [0.2, 0.25) is 0 Å². The first-order valence-electron chi connectivity index (χ1n) is 8.32. The zero-order valence-corrected chi connectivity index (χ0v) is 13.6. The van der Waals surface area contributed by atoms with E-state index in [-0.39, 0.29) is 6.03 Å². The summed E-state index contributed by atoms with van der Waals surface area (Å²) in [6, 6.07) is 4.50. The summed E-state index contributed by atoms with van der Waals surface area (Å²) in [6.07, 6.45) is 7.96. The summed E-state index contributed by atoms with van der Waals surface area (Å²) in [4.78, 5) is 21.0. The van der Waals surface area contributed by atoms with Crippen molar-refractivity contribution in [3.05, 3.63) is 23.9 Å². The Labute approximate surface area is 132 Å². The third-order valence-electron chi connectivity index (χ3n) is 4.98. The van der Waals surface area contributed by atoms with Gasteiger partial charge in [0.05, 0.1) is 0 Å². The molecule has 2 aliphatic rings. The maximum absolute atomic E-state index is 12.6. The van der Waals surface area contributed by atoms with Gasteiger partial charge in [0.1, 0.15) is 5.82 Å². The number of rotatable bonds is 3. The number of carbonyl (C=O) groups is 1. The van der Waals surface area contributed by atoms with Crippen molar-refractivity contribution < 1.29 is 4.79 Å². The Morgan fingerprint density at radius 1 is 1.36 bits per heavy atom. The zero-order chi connectivity index (χ0) is 15.5. The molecule has 1 N–H and O–H groups in total. The number of likely N-dealkylation sites (tertiary alicyclic amines) is 1. The quantitative estimate of drug-likeness (QED) is 0.933. The molecule has 2 atom stereocenters. The summed E-state index contributed by atoms with van der Waals surface area (Å²) >= 11 is 0. The molecule has 0 bridgehead atoms. The summed E-state index contributed by atoms with van der Waals surface area (Å²) in [5.41, 5.74) is 1.06. The van der Waals surface area contributed by atoms with E-state index in [1.165, 1.54) is 25.7 Å².